The van der Waals surface area contributed by atoms with Crippen molar-refractivity contribution in [2.45, 2.75) is 18.7 Å². The molecule has 1 aromatic carbocycles. The number of halogens is 1. The van der Waals surface area contributed by atoms with Crippen LogP contribution in [0.5, 0.6) is 0 Å². The lowest BCUT2D eigenvalue weighted by molar-refractivity contribution is 0.589. The zero-order valence-corrected chi connectivity index (χ0v) is 10.1. The van der Waals surface area contributed by atoms with Crippen LogP contribution in [0.1, 0.15) is 12.5 Å². The van der Waals surface area contributed by atoms with Crippen molar-refractivity contribution in [3.63, 3.8) is 0 Å². The molecule has 0 amide bonds. The number of hydrogen-bond acceptors (Lipinski definition) is 3. The molecule has 0 aromatic heterocycles. The van der Waals surface area contributed by atoms with Crippen LogP contribution in [0, 0.1) is 0 Å². The van der Waals surface area contributed by atoms with E-state index < -0.39 is 9.84 Å². The van der Waals surface area contributed by atoms with Crippen molar-refractivity contribution in [1.29, 1.82) is 0 Å². The van der Waals surface area contributed by atoms with Gasteiger partial charge >= 0.3 is 0 Å². The van der Waals surface area contributed by atoms with Crippen LogP contribution in [0.4, 0.5) is 0 Å². The van der Waals surface area contributed by atoms with E-state index in [1.165, 1.54) is 0 Å². The quantitative estimate of drug-likeness (QED) is 0.879. The van der Waals surface area contributed by atoms with E-state index in [-0.39, 0.29) is 17.5 Å². The number of nitrogens with two attached hydrogens (primary N) is 1. The Morgan fingerprint density at radius 2 is 2.13 bits per heavy atom. The molecule has 0 aliphatic heterocycles. The molecule has 0 radical (unpaired) electrons. The van der Waals surface area contributed by atoms with Crippen LogP contribution < -0.4 is 5.73 Å². The molecule has 0 saturated heterocycles. The first-order valence-corrected chi connectivity index (χ1v) is 6.79. The highest BCUT2D eigenvalue weighted by molar-refractivity contribution is 7.90. The molecule has 2 N–H and O–H groups in total. The van der Waals surface area contributed by atoms with Crippen molar-refractivity contribution >= 4 is 21.4 Å². The zero-order chi connectivity index (χ0) is 11.5. The normalized spacial score (nSPS) is 13.8. The van der Waals surface area contributed by atoms with Gasteiger partial charge < -0.3 is 5.73 Å². The summed E-state index contributed by atoms with van der Waals surface area (Å²) in [6.45, 7) is 1.68. The molecule has 1 rings (SSSR count). The maximum absolute atomic E-state index is 11.6. The van der Waals surface area contributed by atoms with Gasteiger partial charge in [-0.2, -0.15) is 0 Å². The molecule has 1 aromatic rings. The van der Waals surface area contributed by atoms with Gasteiger partial charge in [-0.1, -0.05) is 23.7 Å². The van der Waals surface area contributed by atoms with Crippen molar-refractivity contribution in [3.8, 4) is 0 Å². The summed E-state index contributed by atoms with van der Waals surface area (Å²) < 4.78 is 23.2. The zero-order valence-electron chi connectivity index (χ0n) is 8.48. The van der Waals surface area contributed by atoms with Crippen LogP contribution in [0.3, 0.4) is 0 Å². The van der Waals surface area contributed by atoms with Gasteiger partial charge in [0.1, 0.15) is 0 Å². The van der Waals surface area contributed by atoms with Gasteiger partial charge in [0.2, 0.25) is 0 Å². The molecule has 0 fully saturated rings. The van der Waals surface area contributed by atoms with Gasteiger partial charge in [0.15, 0.2) is 9.84 Å². The SMILES string of the molecule is CC(N)CS(=O)(=O)Cc1cccc(Cl)c1. The first kappa shape index (κ1) is 12.5. The predicted molar refractivity (Wildman–Crippen MR) is 62.6 cm³/mol. The lowest BCUT2D eigenvalue weighted by Gasteiger charge is -2.07. The van der Waals surface area contributed by atoms with E-state index in [0.717, 1.165) is 0 Å². The van der Waals surface area contributed by atoms with Gasteiger partial charge in [-0.15, -0.1) is 0 Å². The number of sulfone groups is 1. The van der Waals surface area contributed by atoms with Crippen molar-refractivity contribution in [2.75, 3.05) is 5.75 Å². The third-order valence-corrected chi connectivity index (χ3v) is 3.83. The number of rotatable bonds is 4. The highest BCUT2D eigenvalue weighted by atomic mass is 35.5. The molecule has 0 saturated carbocycles. The highest BCUT2D eigenvalue weighted by Gasteiger charge is 2.14. The molecule has 84 valence electrons. The Morgan fingerprint density at radius 1 is 1.47 bits per heavy atom. The third kappa shape index (κ3) is 4.64. The molecule has 0 bridgehead atoms. The standard InChI is InChI=1S/C10H14ClNO2S/c1-8(12)6-15(13,14)7-9-3-2-4-10(11)5-9/h2-5,8H,6-7,12H2,1H3. The van der Waals surface area contributed by atoms with Gasteiger partial charge in [-0.25, -0.2) is 8.42 Å². The molecular weight excluding hydrogens is 234 g/mol. The van der Waals surface area contributed by atoms with E-state index in [9.17, 15) is 8.42 Å². The second kappa shape index (κ2) is 4.96. The molecule has 5 heteroatoms. The van der Waals surface area contributed by atoms with Crippen molar-refractivity contribution < 1.29 is 8.42 Å². The van der Waals surface area contributed by atoms with Crippen LogP contribution in [0.25, 0.3) is 0 Å². The molecule has 0 heterocycles. The molecule has 1 atom stereocenters. The fraction of sp³-hybridized carbons (Fsp3) is 0.400. The van der Waals surface area contributed by atoms with Crippen molar-refractivity contribution in [1.82, 2.24) is 0 Å². The van der Waals surface area contributed by atoms with E-state index in [0.29, 0.717) is 10.6 Å². The van der Waals surface area contributed by atoms with Gasteiger partial charge in [0.05, 0.1) is 11.5 Å². The number of hydrogen-bond donors (Lipinski definition) is 1. The smallest absolute Gasteiger partial charge is 0.155 e. The summed E-state index contributed by atoms with van der Waals surface area (Å²) in [7, 11) is -3.13. The first-order chi connectivity index (χ1) is 6.89. The Morgan fingerprint density at radius 3 is 2.67 bits per heavy atom. The van der Waals surface area contributed by atoms with Crippen molar-refractivity contribution in [2.24, 2.45) is 5.73 Å². The van der Waals surface area contributed by atoms with E-state index in [4.69, 9.17) is 17.3 Å². The summed E-state index contributed by atoms with van der Waals surface area (Å²) in [5, 5.41) is 0.545. The van der Waals surface area contributed by atoms with Crippen LogP contribution in [-0.4, -0.2) is 20.2 Å². The minimum atomic E-state index is -3.13. The summed E-state index contributed by atoms with van der Waals surface area (Å²) >= 11 is 5.76. The van der Waals surface area contributed by atoms with Gasteiger partial charge in [-0.3, -0.25) is 0 Å². The maximum Gasteiger partial charge on any atom is 0.155 e. The molecule has 0 aliphatic carbocycles. The Bertz CT molecular complexity index is 429. The van der Waals surface area contributed by atoms with E-state index in [1.807, 2.05) is 0 Å². The second-order valence-corrected chi connectivity index (χ2v) is 6.21. The van der Waals surface area contributed by atoms with Crippen LogP contribution in [0.2, 0.25) is 5.02 Å². The van der Waals surface area contributed by atoms with Crippen molar-refractivity contribution in [3.05, 3.63) is 34.9 Å². The Kier molecular flexibility index (Phi) is 4.13. The summed E-state index contributed by atoms with van der Waals surface area (Å²) in [6.07, 6.45) is 0. The molecule has 1 unspecified atom stereocenters. The monoisotopic (exact) mass is 247 g/mol. The average Bonchev–Trinajstić information content (AvgIpc) is 1.99. The number of benzene rings is 1. The minimum absolute atomic E-state index is 0.000483. The minimum Gasteiger partial charge on any atom is -0.327 e. The lowest BCUT2D eigenvalue weighted by atomic mass is 10.2. The maximum atomic E-state index is 11.6. The van der Waals surface area contributed by atoms with Gasteiger partial charge in [0.25, 0.3) is 0 Å². The summed E-state index contributed by atoms with van der Waals surface area (Å²) in [5.74, 6) is -0.00534. The Balaban J connectivity index is 2.78. The largest absolute Gasteiger partial charge is 0.327 e. The van der Waals surface area contributed by atoms with E-state index >= 15 is 0 Å². The molecule has 15 heavy (non-hydrogen) atoms. The highest BCUT2D eigenvalue weighted by Crippen LogP contribution is 2.13. The molecule has 0 spiro atoms. The summed E-state index contributed by atoms with van der Waals surface area (Å²) in [5.41, 5.74) is 6.15. The topological polar surface area (TPSA) is 60.2 Å². The molecule has 0 aliphatic rings. The van der Waals surface area contributed by atoms with E-state index in [1.54, 1.807) is 31.2 Å². The fourth-order valence-corrected chi connectivity index (χ4v) is 3.16. The average molecular weight is 248 g/mol. The van der Waals surface area contributed by atoms with Crippen LogP contribution in [-0.2, 0) is 15.6 Å². The lowest BCUT2D eigenvalue weighted by Crippen LogP contribution is -2.26. The van der Waals surface area contributed by atoms with Crippen LogP contribution in [0.15, 0.2) is 24.3 Å². The predicted octanol–water partition coefficient (Wildman–Crippen LogP) is 1.60. The Labute approximate surface area is 95.2 Å². The Hall–Kier alpha value is -0.580. The van der Waals surface area contributed by atoms with E-state index in [2.05, 4.69) is 0 Å². The van der Waals surface area contributed by atoms with Gasteiger partial charge in [-0.05, 0) is 24.6 Å². The van der Waals surface area contributed by atoms with Crippen LogP contribution >= 0.6 is 11.6 Å². The molecular formula is C10H14ClNO2S. The third-order valence-electron chi connectivity index (χ3n) is 1.79. The summed E-state index contributed by atoms with van der Waals surface area (Å²) in [6, 6.07) is 6.50. The van der Waals surface area contributed by atoms with Gasteiger partial charge in [0, 0.05) is 11.1 Å². The summed E-state index contributed by atoms with van der Waals surface area (Å²) in [4.78, 5) is 0. The first-order valence-electron chi connectivity index (χ1n) is 4.59. The molecule has 3 nitrogen and oxygen atoms in total. The second-order valence-electron chi connectivity index (χ2n) is 3.66. The fourth-order valence-electron chi connectivity index (χ4n) is 1.34.